The molecule has 0 aromatic rings. The topological polar surface area (TPSA) is 110 Å². The van der Waals surface area contributed by atoms with Gasteiger partial charge in [0.1, 0.15) is 12.2 Å². The molecule has 0 aliphatic carbocycles. The first kappa shape index (κ1) is 68.5. The number of carbonyl (C=O) groups is 1. The van der Waals surface area contributed by atoms with Crippen molar-refractivity contribution in [1.82, 2.24) is 5.32 Å². The lowest BCUT2D eigenvalue weighted by atomic mass is 10.00. The number of carbonyl (C=O) groups excluding carboxylic acids is 1. The molecular weight excluding hydrogens is 863 g/mol. The van der Waals surface area contributed by atoms with Crippen LogP contribution < -0.4 is 5.32 Å². The zero-order valence-electron chi connectivity index (χ0n) is 47.0. The van der Waals surface area contributed by atoms with Crippen LogP contribution in [0.25, 0.3) is 0 Å². The van der Waals surface area contributed by atoms with E-state index in [0.717, 1.165) is 38.5 Å². The number of hydrogen-bond acceptors (Lipinski definition) is 5. The molecule has 0 aromatic heterocycles. The lowest BCUT2D eigenvalue weighted by Gasteiger charge is -2.27. The molecule has 4 unspecified atom stereocenters. The van der Waals surface area contributed by atoms with Crippen molar-refractivity contribution in [3.8, 4) is 0 Å². The summed E-state index contributed by atoms with van der Waals surface area (Å²) < 4.78 is 0. The van der Waals surface area contributed by atoms with Gasteiger partial charge in [-0.15, -0.1) is 0 Å². The fourth-order valence-corrected chi connectivity index (χ4v) is 9.89. The van der Waals surface area contributed by atoms with Crippen LogP contribution in [-0.4, -0.2) is 57.3 Å². The molecule has 6 heteroatoms. The molecular formula is C64H123NO5. The van der Waals surface area contributed by atoms with Gasteiger partial charge in [-0.3, -0.25) is 4.79 Å². The van der Waals surface area contributed by atoms with E-state index in [1.807, 2.05) is 0 Å². The van der Waals surface area contributed by atoms with Gasteiger partial charge >= 0.3 is 0 Å². The van der Waals surface area contributed by atoms with Crippen molar-refractivity contribution >= 4 is 5.91 Å². The van der Waals surface area contributed by atoms with Crippen LogP contribution in [0.15, 0.2) is 36.5 Å². The maximum Gasteiger partial charge on any atom is 0.249 e. The van der Waals surface area contributed by atoms with Crippen LogP contribution in [-0.2, 0) is 4.79 Å². The van der Waals surface area contributed by atoms with Crippen LogP contribution in [0, 0.1) is 0 Å². The second kappa shape index (κ2) is 58.4. The van der Waals surface area contributed by atoms with Gasteiger partial charge in [0.25, 0.3) is 0 Å². The summed E-state index contributed by atoms with van der Waals surface area (Å²) in [6, 6.07) is -1.01. The van der Waals surface area contributed by atoms with Gasteiger partial charge in [-0.25, -0.2) is 0 Å². The number of allylic oxidation sites excluding steroid dienone is 6. The summed E-state index contributed by atoms with van der Waals surface area (Å²) in [6.45, 7) is 4.08. The Bertz CT molecular complexity index is 1110. The molecule has 0 radical (unpaired) electrons. The van der Waals surface area contributed by atoms with Gasteiger partial charge in [0.2, 0.25) is 5.91 Å². The Morgan fingerprint density at radius 2 is 0.600 bits per heavy atom. The van der Waals surface area contributed by atoms with E-state index in [1.54, 1.807) is 0 Å². The monoisotopic (exact) mass is 986 g/mol. The van der Waals surface area contributed by atoms with Crippen molar-refractivity contribution in [2.24, 2.45) is 0 Å². The van der Waals surface area contributed by atoms with Crippen molar-refractivity contribution in [2.45, 2.75) is 359 Å². The van der Waals surface area contributed by atoms with E-state index < -0.39 is 36.9 Å². The number of amides is 1. The summed E-state index contributed by atoms with van der Waals surface area (Å²) >= 11 is 0. The first-order valence-electron chi connectivity index (χ1n) is 31.4. The van der Waals surface area contributed by atoms with Gasteiger partial charge in [0, 0.05) is 0 Å². The zero-order valence-corrected chi connectivity index (χ0v) is 47.0. The summed E-state index contributed by atoms with van der Waals surface area (Å²) in [7, 11) is 0. The third-order valence-electron chi connectivity index (χ3n) is 14.8. The SMILES string of the molecule is CCCCCCCCCCCCCC/C=C\CCCCCCCCCCCCCCCCCCC(O)C(=O)NC(CO)C(O)C(O)CCC/C=C/CC/C=C/CCCCCCCCCCCCCCC. The molecule has 0 rings (SSSR count). The minimum atomic E-state index is -1.29. The van der Waals surface area contributed by atoms with E-state index in [4.69, 9.17) is 0 Å². The van der Waals surface area contributed by atoms with E-state index in [9.17, 15) is 25.2 Å². The minimum absolute atomic E-state index is 0.362. The number of rotatable bonds is 58. The fourth-order valence-electron chi connectivity index (χ4n) is 9.89. The largest absolute Gasteiger partial charge is 0.394 e. The van der Waals surface area contributed by atoms with Crippen LogP contribution in [0.4, 0.5) is 0 Å². The molecule has 1 amide bonds. The molecule has 0 saturated heterocycles. The fraction of sp³-hybridized carbons (Fsp3) is 0.891. The standard InChI is InChI=1S/C64H123NO5/c1-3-5-7-9-11-13-15-17-19-21-23-25-27-28-29-30-31-32-33-34-35-36-38-40-42-44-46-48-50-52-54-56-58-62(68)64(70)65-60(59-66)63(69)61(67)57-55-53-51-49-47-45-43-41-39-37-26-24-22-20-18-16-14-12-10-8-6-4-2/h28-29,41,43,49,51,60-63,66-69H,3-27,30-40,42,44-48,50,52-59H2,1-2H3,(H,65,70)/b29-28-,43-41+,51-49+. The first-order chi connectivity index (χ1) is 34.5. The van der Waals surface area contributed by atoms with Crippen LogP contribution >= 0.6 is 0 Å². The highest BCUT2D eigenvalue weighted by Gasteiger charge is 2.28. The molecule has 0 saturated carbocycles. The second-order valence-corrected chi connectivity index (χ2v) is 21.7. The third kappa shape index (κ3) is 51.4. The van der Waals surface area contributed by atoms with E-state index in [0.29, 0.717) is 19.3 Å². The Balaban J connectivity index is 3.61. The first-order valence-corrected chi connectivity index (χ1v) is 31.4. The van der Waals surface area contributed by atoms with E-state index in [2.05, 4.69) is 55.6 Å². The van der Waals surface area contributed by atoms with E-state index in [1.165, 1.54) is 263 Å². The second-order valence-electron chi connectivity index (χ2n) is 21.7. The molecule has 0 aliphatic rings. The van der Waals surface area contributed by atoms with Crippen LogP contribution in [0.3, 0.4) is 0 Å². The van der Waals surface area contributed by atoms with Gasteiger partial charge in [0.15, 0.2) is 0 Å². The van der Waals surface area contributed by atoms with Crippen molar-refractivity contribution in [1.29, 1.82) is 0 Å². The van der Waals surface area contributed by atoms with E-state index in [-0.39, 0.29) is 0 Å². The normalized spacial score (nSPS) is 13.9. The smallest absolute Gasteiger partial charge is 0.249 e. The highest BCUT2D eigenvalue weighted by molar-refractivity contribution is 5.80. The molecule has 0 aromatic carbocycles. The molecule has 5 N–H and O–H groups in total. The lowest BCUT2D eigenvalue weighted by molar-refractivity contribution is -0.132. The summed E-state index contributed by atoms with van der Waals surface area (Å²) in [5.41, 5.74) is 0. The predicted molar refractivity (Wildman–Crippen MR) is 307 cm³/mol. The number of aliphatic hydroxyl groups is 4. The van der Waals surface area contributed by atoms with Crippen molar-refractivity contribution < 1.29 is 25.2 Å². The highest BCUT2D eigenvalue weighted by Crippen LogP contribution is 2.18. The molecule has 0 bridgehead atoms. The average Bonchev–Trinajstić information content (AvgIpc) is 3.36. The Hall–Kier alpha value is -1.47. The van der Waals surface area contributed by atoms with Gasteiger partial charge in [-0.2, -0.15) is 0 Å². The number of unbranched alkanes of at least 4 members (excludes halogenated alkanes) is 43. The van der Waals surface area contributed by atoms with Crippen LogP contribution in [0.2, 0.25) is 0 Å². The van der Waals surface area contributed by atoms with E-state index >= 15 is 0 Å². The molecule has 0 aliphatic heterocycles. The van der Waals surface area contributed by atoms with Crippen molar-refractivity contribution in [3.63, 3.8) is 0 Å². The third-order valence-corrected chi connectivity index (χ3v) is 14.8. The Morgan fingerprint density at radius 1 is 0.343 bits per heavy atom. The van der Waals surface area contributed by atoms with Gasteiger partial charge in [-0.1, -0.05) is 294 Å². The van der Waals surface area contributed by atoms with Crippen molar-refractivity contribution in [2.75, 3.05) is 6.61 Å². The molecule has 0 fully saturated rings. The number of nitrogens with one attached hydrogen (secondary N) is 1. The summed E-state index contributed by atoms with van der Waals surface area (Å²) in [5.74, 6) is -0.593. The van der Waals surface area contributed by atoms with Gasteiger partial charge in [-0.05, 0) is 77.0 Å². The minimum Gasteiger partial charge on any atom is -0.394 e. The Labute approximate surface area is 437 Å². The van der Waals surface area contributed by atoms with Crippen LogP contribution in [0.5, 0.6) is 0 Å². The summed E-state index contributed by atoms with van der Waals surface area (Å²) in [4.78, 5) is 12.6. The quantitative estimate of drug-likeness (QED) is 0.0308. The summed E-state index contributed by atoms with van der Waals surface area (Å²) in [6.07, 6.45) is 73.9. The van der Waals surface area contributed by atoms with Gasteiger partial charge in [0.05, 0.1) is 18.8 Å². The maximum atomic E-state index is 12.6. The molecule has 4 atom stereocenters. The zero-order chi connectivity index (χ0) is 50.9. The molecule has 0 spiro atoms. The number of hydrogen-bond donors (Lipinski definition) is 5. The summed E-state index contributed by atoms with van der Waals surface area (Å²) in [5, 5.41) is 44.0. The molecule has 70 heavy (non-hydrogen) atoms. The lowest BCUT2D eigenvalue weighted by Crippen LogP contribution is -2.53. The Kier molecular flexibility index (Phi) is 57.2. The molecule has 0 heterocycles. The molecule has 414 valence electrons. The number of aliphatic hydroxyl groups excluding tert-OH is 4. The Morgan fingerprint density at radius 3 is 0.900 bits per heavy atom. The van der Waals surface area contributed by atoms with Gasteiger partial charge < -0.3 is 25.7 Å². The highest BCUT2D eigenvalue weighted by atomic mass is 16.3. The maximum absolute atomic E-state index is 12.6. The molecule has 6 nitrogen and oxygen atoms in total. The predicted octanol–water partition coefficient (Wildman–Crippen LogP) is 18.8. The van der Waals surface area contributed by atoms with Crippen LogP contribution in [0.1, 0.15) is 335 Å². The van der Waals surface area contributed by atoms with Crippen molar-refractivity contribution in [3.05, 3.63) is 36.5 Å². The average molecular weight is 987 g/mol.